The van der Waals surface area contributed by atoms with Crippen LogP contribution in [0.3, 0.4) is 0 Å². The summed E-state index contributed by atoms with van der Waals surface area (Å²) in [4.78, 5) is 9.46. The average molecular weight is 1030 g/mol. The van der Waals surface area contributed by atoms with Crippen molar-refractivity contribution in [2.45, 2.75) is 60.2 Å². The quantitative estimate of drug-likeness (QED) is 0.149. The molecule has 4 aromatic heterocycles. The summed E-state index contributed by atoms with van der Waals surface area (Å²) in [6, 6.07) is 56.6. The van der Waals surface area contributed by atoms with Crippen molar-refractivity contribution in [1.82, 2.24) is 14.5 Å². The molecule has 0 atom stereocenters. The summed E-state index contributed by atoms with van der Waals surface area (Å²) in [7, 11) is 0. The van der Waals surface area contributed by atoms with Gasteiger partial charge in [0.1, 0.15) is 11.3 Å². The van der Waals surface area contributed by atoms with Crippen LogP contribution in [0.25, 0.3) is 94.7 Å². The van der Waals surface area contributed by atoms with Gasteiger partial charge in [0, 0.05) is 51.2 Å². The molecular weight excluding hydrogens is 975 g/mol. The number of rotatable bonds is 7. The van der Waals surface area contributed by atoms with Gasteiger partial charge in [0.15, 0.2) is 0 Å². The third kappa shape index (κ3) is 8.03. The van der Waals surface area contributed by atoms with Crippen molar-refractivity contribution in [3.05, 3.63) is 198 Å². The van der Waals surface area contributed by atoms with Crippen LogP contribution in [0.5, 0.6) is 0 Å². The molecule has 0 fully saturated rings. The maximum absolute atomic E-state index is 7.28. The summed E-state index contributed by atoms with van der Waals surface area (Å²) >= 11 is 0. The fourth-order valence-corrected chi connectivity index (χ4v) is 8.74. The van der Waals surface area contributed by atoms with Gasteiger partial charge in [-0.25, -0.2) is 0 Å². The predicted octanol–water partition coefficient (Wildman–Crippen LogP) is 16.2. The Morgan fingerprint density at radius 2 is 1.32 bits per heavy atom. The summed E-state index contributed by atoms with van der Waals surface area (Å²) in [5.41, 5.74) is 14.8. The van der Waals surface area contributed by atoms with E-state index in [9.17, 15) is 0 Å². The number of benzene rings is 7. The summed E-state index contributed by atoms with van der Waals surface area (Å²) < 4.78 is 59.6. The first-order chi connectivity index (χ1) is 33.6. The number of hydrogen-bond donors (Lipinski definition) is 0. The molecule has 11 rings (SSSR count). The molecule has 65 heavy (non-hydrogen) atoms. The van der Waals surface area contributed by atoms with Crippen molar-refractivity contribution >= 4 is 43.9 Å². The second-order valence-electron chi connectivity index (χ2n) is 16.8. The number of hydrogen-bond acceptors (Lipinski definition) is 4. The molecule has 6 heteroatoms. The molecule has 0 bridgehead atoms. The van der Waals surface area contributed by atoms with Gasteiger partial charge in [-0.1, -0.05) is 149 Å². The van der Waals surface area contributed by atoms with E-state index < -0.39 is 13.7 Å². The molecule has 5 nitrogen and oxygen atoms in total. The van der Waals surface area contributed by atoms with Crippen LogP contribution in [0.2, 0.25) is 0 Å². The second-order valence-corrected chi connectivity index (χ2v) is 16.8. The first-order valence-electron chi connectivity index (χ1n) is 24.6. The smallest absolute Gasteiger partial charge is 0.126 e. The van der Waals surface area contributed by atoms with Crippen LogP contribution in [0.15, 0.2) is 167 Å². The summed E-state index contributed by atoms with van der Waals surface area (Å²) in [5.74, 6) is 2.12. The Balaban J connectivity index is 0.000000251. The minimum atomic E-state index is -2.18. The molecular formula is C59H49IrN3O2-2. The first-order valence-corrected chi connectivity index (χ1v) is 21.6. The van der Waals surface area contributed by atoms with Gasteiger partial charge in [-0.2, -0.15) is 0 Å². The van der Waals surface area contributed by atoms with E-state index in [-0.39, 0.29) is 43.1 Å². The SMILES string of the molecule is Cc1c(-c2ccccc2)oc2[c-]c(-c3nc4ccccc4n3-c3c(C(C)C)cc(-c4ccccc4)cc3C(C)C)c3oc4ccccc4c3c12.[2H]C([2H])([2H])c1c[c-]c(-c2ccc(C([2H])([2H])[2H])cn2)cc1.[Ir]. The Morgan fingerprint density at radius 1 is 0.662 bits per heavy atom. The van der Waals surface area contributed by atoms with Gasteiger partial charge in [0.25, 0.3) is 0 Å². The molecule has 4 heterocycles. The normalized spacial score (nSPS) is 13.2. The van der Waals surface area contributed by atoms with Crippen molar-refractivity contribution < 1.29 is 37.2 Å². The summed E-state index contributed by atoms with van der Waals surface area (Å²) in [6.07, 6.45) is 1.30. The predicted molar refractivity (Wildman–Crippen MR) is 264 cm³/mol. The van der Waals surface area contributed by atoms with E-state index >= 15 is 0 Å². The van der Waals surface area contributed by atoms with Crippen LogP contribution in [-0.4, -0.2) is 14.5 Å². The number of imidazole rings is 1. The molecule has 0 saturated heterocycles. The Kier molecular flexibility index (Phi) is 10.1. The molecule has 1 radical (unpaired) electrons. The van der Waals surface area contributed by atoms with E-state index in [0.29, 0.717) is 16.8 Å². The van der Waals surface area contributed by atoms with Crippen LogP contribution in [0, 0.1) is 32.8 Å². The Hall–Kier alpha value is -6.85. The van der Waals surface area contributed by atoms with Crippen LogP contribution in [-0.2, 0) is 20.1 Å². The molecule has 0 N–H and O–H groups in total. The molecule has 7 aromatic carbocycles. The molecule has 0 unspecified atom stereocenters. The average Bonchev–Trinajstić information content (AvgIpc) is 4.04. The van der Waals surface area contributed by atoms with Gasteiger partial charge in [-0.15, -0.1) is 35.4 Å². The third-order valence-electron chi connectivity index (χ3n) is 11.9. The second kappa shape index (κ2) is 18.0. The van der Waals surface area contributed by atoms with Crippen molar-refractivity contribution in [1.29, 1.82) is 0 Å². The minimum Gasteiger partial charge on any atom is -0.501 e. The van der Waals surface area contributed by atoms with Gasteiger partial charge in [0.2, 0.25) is 0 Å². The van der Waals surface area contributed by atoms with Crippen molar-refractivity contribution in [3.63, 3.8) is 0 Å². The molecule has 0 spiro atoms. The van der Waals surface area contributed by atoms with E-state index in [1.807, 2.05) is 30.3 Å². The fraction of sp³-hybridized carbons (Fsp3) is 0.153. The molecule has 0 amide bonds. The zero-order valence-electron chi connectivity index (χ0n) is 42.7. The molecule has 0 saturated carbocycles. The number of furan rings is 2. The van der Waals surface area contributed by atoms with Gasteiger partial charge >= 0.3 is 0 Å². The Morgan fingerprint density at radius 3 is 1.98 bits per heavy atom. The minimum absolute atomic E-state index is 0. The fourth-order valence-electron chi connectivity index (χ4n) is 8.74. The zero-order valence-corrected chi connectivity index (χ0v) is 39.1. The number of para-hydroxylation sites is 3. The van der Waals surface area contributed by atoms with Crippen LogP contribution < -0.4 is 0 Å². The van der Waals surface area contributed by atoms with E-state index in [4.69, 9.17) is 22.0 Å². The van der Waals surface area contributed by atoms with Crippen molar-refractivity contribution in [2.24, 2.45) is 0 Å². The van der Waals surface area contributed by atoms with E-state index in [0.717, 1.165) is 72.3 Å². The number of pyridine rings is 1. The largest absolute Gasteiger partial charge is 0.501 e. The molecule has 0 aliphatic carbocycles. The summed E-state index contributed by atoms with van der Waals surface area (Å²) in [6.45, 7) is 6.92. The number of aryl methyl sites for hydroxylation is 3. The van der Waals surface area contributed by atoms with Gasteiger partial charge in [0.05, 0.1) is 28.0 Å². The van der Waals surface area contributed by atoms with Gasteiger partial charge in [-0.05, 0) is 106 Å². The van der Waals surface area contributed by atoms with E-state index in [1.165, 1.54) is 46.6 Å². The Labute approximate surface area is 402 Å². The molecule has 0 aliphatic rings. The molecule has 323 valence electrons. The van der Waals surface area contributed by atoms with E-state index in [2.05, 4.69) is 147 Å². The van der Waals surface area contributed by atoms with Crippen LogP contribution >= 0.6 is 0 Å². The number of nitrogens with zero attached hydrogens (tertiary/aromatic N) is 3. The van der Waals surface area contributed by atoms with Crippen LogP contribution in [0.1, 0.15) is 75.6 Å². The topological polar surface area (TPSA) is 57.0 Å². The Bertz CT molecular complexity index is 3600. The number of fused-ring (bicyclic) bond motifs is 6. The maximum Gasteiger partial charge on any atom is 0.126 e. The number of aromatic nitrogens is 3. The standard InChI is InChI=1S/C46H37N2O2.C13H12N.Ir/c1-27(2)34-24-32(30-16-8-6-9-17-30)25-35(28(3)4)43(34)48-38-22-14-13-21-37(38)47-46(48)36-26-40-41(29(5)44(50-40)31-18-10-7-11-19-31)42-33-20-12-15-23-39(33)49-45(36)42;1-10-3-6-12(7-4-10)13-8-5-11(2)9-14-13;/h6-25,27-28H,1-5H3;3-6,8-9H,1-2H3;/q2*-1;/i;1D3,2D3;. The van der Waals surface area contributed by atoms with E-state index in [1.54, 1.807) is 12.1 Å². The van der Waals surface area contributed by atoms with Crippen molar-refractivity contribution in [2.75, 3.05) is 0 Å². The van der Waals surface area contributed by atoms with Crippen molar-refractivity contribution in [3.8, 4) is 50.8 Å². The maximum atomic E-state index is 7.28. The molecule has 11 aromatic rings. The zero-order chi connectivity index (χ0) is 49.1. The van der Waals surface area contributed by atoms with Gasteiger partial charge in [-0.3, -0.25) is 4.98 Å². The molecule has 0 aliphatic heterocycles. The monoisotopic (exact) mass is 1030 g/mol. The van der Waals surface area contributed by atoms with Crippen LogP contribution in [0.4, 0.5) is 0 Å². The first kappa shape index (κ1) is 36.5. The third-order valence-corrected chi connectivity index (χ3v) is 11.9. The van der Waals surface area contributed by atoms with Gasteiger partial charge < -0.3 is 18.4 Å². The summed E-state index contributed by atoms with van der Waals surface area (Å²) in [5, 5.41) is 3.10.